The van der Waals surface area contributed by atoms with E-state index >= 15 is 0 Å². The molecule has 0 radical (unpaired) electrons. The third kappa shape index (κ3) is 3.78. The van der Waals surface area contributed by atoms with Gasteiger partial charge in [-0.15, -0.1) is 0 Å². The fourth-order valence-electron chi connectivity index (χ4n) is 11.7. The quantitative estimate of drug-likeness (QED) is 0.268. The highest BCUT2D eigenvalue weighted by Gasteiger charge is 2.73. The summed E-state index contributed by atoms with van der Waals surface area (Å²) in [6, 6.07) is 0. The molecule has 230 valence electrons. The third-order valence-electron chi connectivity index (χ3n) is 13.5. The number of aliphatic carboxylic acids is 1. The molecule has 11 unspecified atom stereocenters. The molecule has 0 aromatic carbocycles. The van der Waals surface area contributed by atoms with Crippen molar-refractivity contribution < 1.29 is 34.8 Å². The summed E-state index contributed by atoms with van der Waals surface area (Å²) in [7, 11) is 0. The Balaban J connectivity index is 1.51. The van der Waals surface area contributed by atoms with Crippen molar-refractivity contribution >= 4 is 17.5 Å². The second-order valence-corrected chi connectivity index (χ2v) is 15.2. The van der Waals surface area contributed by atoms with E-state index in [1.54, 1.807) is 0 Å². The van der Waals surface area contributed by atoms with Gasteiger partial charge < -0.3 is 20.4 Å². The van der Waals surface area contributed by atoms with E-state index in [1.165, 1.54) is 13.0 Å². The Bertz CT molecular complexity index is 1290. The fourth-order valence-corrected chi connectivity index (χ4v) is 11.7. The van der Waals surface area contributed by atoms with Gasteiger partial charge >= 0.3 is 5.97 Å². The Morgan fingerprint density at radius 1 is 1.12 bits per heavy atom. The van der Waals surface area contributed by atoms with E-state index in [-0.39, 0.29) is 40.8 Å². The number of aliphatic hydroxyl groups is 3. The van der Waals surface area contributed by atoms with Gasteiger partial charge in [0, 0.05) is 46.2 Å². The molecule has 42 heavy (non-hydrogen) atoms. The topological polar surface area (TPSA) is 132 Å². The van der Waals surface area contributed by atoms with Crippen LogP contribution in [-0.4, -0.2) is 56.3 Å². The molecular formula is C35H48O7. The highest BCUT2D eigenvalue weighted by atomic mass is 16.4. The maximum Gasteiger partial charge on any atom is 0.331 e. The van der Waals surface area contributed by atoms with Gasteiger partial charge in [-0.1, -0.05) is 52.2 Å². The van der Waals surface area contributed by atoms with Crippen molar-refractivity contribution in [1.29, 1.82) is 0 Å². The van der Waals surface area contributed by atoms with E-state index in [0.29, 0.717) is 38.5 Å². The van der Waals surface area contributed by atoms with Crippen LogP contribution in [0.3, 0.4) is 0 Å². The van der Waals surface area contributed by atoms with Gasteiger partial charge in [0.2, 0.25) is 0 Å². The molecule has 2 bridgehead atoms. The zero-order valence-corrected chi connectivity index (χ0v) is 25.6. The summed E-state index contributed by atoms with van der Waals surface area (Å²) < 4.78 is 0. The van der Waals surface area contributed by atoms with Crippen LogP contribution in [-0.2, 0) is 14.4 Å². The Morgan fingerprint density at radius 3 is 2.55 bits per heavy atom. The van der Waals surface area contributed by atoms with Gasteiger partial charge in [-0.25, -0.2) is 4.79 Å². The number of hydrogen-bond acceptors (Lipinski definition) is 6. The molecule has 4 N–H and O–H groups in total. The largest absolute Gasteiger partial charge is 0.478 e. The fraction of sp³-hybridized carbons (Fsp3) is 0.743. The number of Topliss-reactive ketones (excluding diaryl/α,β-unsaturated/α-hetero) is 2. The molecule has 7 heteroatoms. The number of rotatable bonds is 5. The lowest BCUT2D eigenvalue weighted by atomic mass is 9.37. The molecule has 3 fully saturated rings. The van der Waals surface area contributed by atoms with Crippen LogP contribution < -0.4 is 0 Å². The molecule has 3 saturated carbocycles. The Kier molecular flexibility index (Phi) is 7.11. The summed E-state index contributed by atoms with van der Waals surface area (Å²) in [6.07, 6.45) is 10.2. The van der Waals surface area contributed by atoms with Crippen LogP contribution >= 0.6 is 0 Å². The molecule has 0 heterocycles. The highest BCUT2D eigenvalue weighted by Crippen LogP contribution is 2.75. The van der Waals surface area contributed by atoms with E-state index in [2.05, 4.69) is 32.9 Å². The van der Waals surface area contributed by atoms with Crippen molar-refractivity contribution in [3.63, 3.8) is 0 Å². The Labute approximate surface area is 249 Å². The average Bonchev–Trinajstić information content (AvgIpc) is 3.15. The van der Waals surface area contributed by atoms with E-state index in [0.717, 1.165) is 43.3 Å². The second-order valence-electron chi connectivity index (χ2n) is 15.2. The number of carbonyl (C=O) groups excluding carboxylic acids is 2. The van der Waals surface area contributed by atoms with Gasteiger partial charge in [-0.2, -0.15) is 0 Å². The van der Waals surface area contributed by atoms with Crippen molar-refractivity contribution in [1.82, 2.24) is 0 Å². The number of carboxylic acid groups (broad SMARTS) is 1. The predicted molar refractivity (Wildman–Crippen MR) is 157 cm³/mol. The molecule has 0 saturated heterocycles. The number of allylic oxidation sites excluding steroid dienone is 2. The van der Waals surface area contributed by atoms with Gasteiger partial charge in [0.05, 0.1) is 18.3 Å². The van der Waals surface area contributed by atoms with Gasteiger partial charge in [0.1, 0.15) is 5.78 Å². The monoisotopic (exact) mass is 580 g/mol. The van der Waals surface area contributed by atoms with E-state index in [1.807, 2.05) is 0 Å². The number of hydrogen-bond donors (Lipinski definition) is 4. The Hall–Kier alpha value is -2.09. The maximum absolute atomic E-state index is 14.7. The van der Waals surface area contributed by atoms with Crippen LogP contribution in [0, 0.1) is 45.3 Å². The molecule has 0 aliphatic heterocycles. The van der Waals surface area contributed by atoms with E-state index in [4.69, 9.17) is 0 Å². The normalized spacial score (nSPS) is 46.3. The Morgan fingerprint density at radius 2 is 1.83 bits per heavy atom. The van der Waals surface area contributed by atoms with Crippen molar-refractivity contribution in [2.45, 2.75) is 117 Å². The molecule has 11 atom stereocenters. The summed E-state index contributed by atoms with van der Waals surface area (Å²) in [4.78, 5) is 39.6. The second kappa shape index (κ2) is 9.97. The average molecular weight is 581 g/mol. The van der Waals surface area contributed by atoms with Crippen LogP contribution in [0.15, 0.2) is 34.9 Å². The zero-order chi connectivity index (χ0) is 30.4. The molecule has 6 aliphatic carbocycles. The minimum atomic E-state index is -1.07. The number of carboxylic acids is 1. The first-order chi connectivity index (χ1) is 19.7. The summed E-state index contributed by atoms with van der Waals surface area (Å²) in [6.45, 7) is 7.67. The molecule has 6 aliphatic rings. The van der Waals surface area contributed by atoms with Crippen molar-refractivity contribution in [2.75, 3.05) is 0 Å². The van der Waals surface area contributed by atoms with E-state index in [9.17, 15) is 34.8 Å². The predicted octanol–water partition coefficient (Wildman–Crippen LogP) is 4.93. The van der Waals surface area contributed by atoms with Crippen molar-refractivity contribution in [3.05, 3.63) is 34.9 Å². The molecule has 0 aromatic rings. The highest BCUT2D eigenvalue weighted by molar-refractivity contribution is 6.01. The van der Waals surface area contributed by atoms with E-state index < -0.39 is 45.9 Å². The van der Waals surface area contributed by atoms with Crippen molar-refractivity contribution in [3.8, 4) is 0 Å². The summed E-state index contributed by atoms with van der Waals surface area (Å²) in [5.41, 5.74) is -0.896. The lowest BCUT2D eigenvalue weighted by Crippen LogP contribution is -2.65. The molecule has 7 nitrogen and oxygen atoms in total. The lowest BCUT2D eigenvalue weighted by molar-refractivity contribution is -0.158. The van der Waals surface area contributed by atoms with Crippen LogP contribution in [0.2, 0.25) is 0 Å². The molecular weight excluding hydrogens is 532 g/mol. The number of aliphatic hydroxyl groups excluding tert-OH is 3. The number of fused-ring (bicyclic) bond motifs is 2. The first-order valence-electron chi connectivity index (χ1n) is 16.2. The molecule has 0 aromatic heterocycles. The number of ketones is 2. The van der Waals surface area contributed by atoms with Gasteiger partial charge in [0.15, 0.2) is 5.78 Å². The SMILES string of the molecule is CC(=CC(O)CC(C)C1CC(O)C2(C)C3=C4C(=O)CC12CCCCCC41CCC(=O)C2(C)CC=CC(C3O)C21)C(=O)O. The van der Waals surface area contributed by atoms with Gasteiger partial charge in [-0.05, 0) is 80.3 Å². The van der Waals surface area contributed by atoms with Crippen LogP contribution in [0.1, 0.15) is 98.3 Å². The third-order valence-corrected chi connectivity index (χ3v) is 13.5. The standard InChI is InChI=1S/C35H48O7/c1-19(15-21(36)16-20(2)31(41)42)23-17-26(39)33(4)28-27-24(37)18-35(23,33)13-7-5-6-12-34(27)14-10-25(38)32(3)11-8-9-22(29(28)40)30(32)34/h8-9,16,19,21-23,26,29-30,36,39-40H,5-7,10-15,17-18H2,1-4H3,(H,41,42). The number of carbonyl (C=O) groups is 3. The lowest BCUT2D eigenvalue weighted by Gasteiger charge is -2.66. The van der Waals surface area contributed by atoms with Crippen LogP contribution in [0.5, 0.6) is 0 Å². The van der Waals surface area contributed by atoms with Gasteiger partial charge in [-0.3, -0.25) is 9.59 Å². The molecule has 0 amide bonds. The molecule has 6 rings (SSSR count). The minimum Gasteiger partial charge on any atom is -0.478 e. The molecule has 2 spiro atoms. The maximum atomic E-state index is 14.7. The van der Waals surface area contributed by atoms with Gasteiger partial charge in [0.25, 0.3) is 0 Å². The van der Waals surface area contributed by atoms with Crippen LogP contribution in [0.25, 0.3) is 0 Å². The smallest absolute Gasteiger partial charge is 0.331 e. The minimum absolute atomic E-state index is 0.0796. The first-order valence-corrected chi connectivity index (χ1v) is 16.2. The summed E-state index contributed by atoms with van der Waals surface area (Å²) in [5.74, 6) is -1.31. The first kappa shape index (κ1) is 30.0. The summed E-state index contributed by atoms with van der Waals surface area (Å²) >= 11 is 0. The zero-order valence-electron chi connectivity index (χ0n) is 25.6. The van der Waals surface area contributed by atoms with Crippen molar-refractivity contribution in [2.24, 2.45) is 45.3 Å². The van der Waals surface area contributed by atoms with Crippen LogP contribution in [0.4, 0.5) is 0 Å². The summed E-state index contributed by atoms with van der Waals surface area (Å²) in [5, 5.41) is 44.6.